The average Bonchev–Trinajstić information content (AvgIpc) is 2.10. The molecular weight excluding hydrogens is 263 g/mol. The fourth-order valence-corrected chi connectivity index (χ4v) is 1.75. The highest BCUT2D eigenvalue weighted by Crippen LogP contribution is 2.23. The molecule has 1 heterocycles. The van der Waals surface area contributed by atoms with Crippen molar-refractivity contribution in [2.24, 2.45) is 0 Å². The molecule has 0 fully saturated rings. The van der Waals surface area contributed by atoms with Crippen LogP contribution < -0.4 is 5.32 Å². The highest BCUT2D eigenvalue weighted by Gasteiger charge is 2.05. The first-order valence-corrected chi connectivity index (χ1v) is 5.49. The van der Waals surface area contributed by atoms with E-state index in [-0.39, 0.29) is 0 Å². The molecular formula is C10H12BrClN2. The minimum Gasteiger partial charge on any atom is -0.366 e. The van der Waals surface area contributed by atoms with Gasteiger partial charge in [0.05, 0.1) is 5.02 Å². The quantitative estimate of drug-likeness (QED) is 0.844. The molecule has 1 unspecified atom stereocenters. The number of hydrogen-bond acceptors (Lipinski definition) is 2. The van der Waals surface area contributed by atoms with E-state index in [4.69, 9.17) is 11.6 Å². The zero-order valence-electron chi connectivity index (χ0n) is 7.93. The second kappa shape index (κ2) is 5.37. The van der Waals surface area contributed by atoms with Crippen molar-refractivity contribution in [1.29, 1.82) is 0 Å². The van der Waals surface area contributed by atoms with Gasteiger partial charge >= 0.3 is 0 Å². The van der Waals surface area contributed by atoms with Crippen LogP contribution in [-0.2, 0) is 0 Å². The fraction of sp³-hybridized carbons (Fsp3) is 0.300. The Balaban J connectivity index is 2.71. The number of aromatic nitrogens is 1. The summed E-state index contributed by atoms with van der Waals surface area (Å²) in [5.74, 6) is 0.712. The lowest BCUT2D eigenvalue weighted by atomic mass is 10.2. The predicted octanol–water partition coefficient (Wildman–Crippen LogP) is 3.87. The standard InChI is InChI=1S/C10H12BrClN2/c1-3-4-7(2)14-10-9(12)5-8(11)6-13-10/h3,5-7H,1,4H2,2H3,(H,13,14). The van der Waals surface area contributed by atoms with Crippen molar-refractivity contribution < 1.29 is 0 Å². The van der Waals surface area contributed by atoms with Gasteiger partial charge in [-0.2, -0.15) is 0 Å². The van der Waals surface area contributed by atoms with Crippen LogP contribution in [0.4, 0.5) is 5.82 Å². The number of nitrogens with one attached hydrogen (secondary N) is 1. The van der Waals surface area contributed by atoms with Gasteiger partial charge in [0, 0.05) is 16.7 Å². The predicted molar refractivity (Wildman–Crippen MR) is 64.8 cm³/mol. The molecule has 4 heteroatoms. The van der Waals surface area contributed by atoms with E-state index in [1.165, 1.54) is 0 Å². The van der Waals surface area contributed by atoms with Crippen LogP contribution >= 0.6 is 27.5 Å². The van der Waals surface area contributed by atoms with Crippen molar-refractivity contribution in [1.82, 2.24) is 4.98 Å². The van der Waals surface area contributed by atoms with E-state index in [2.05, 4.69) is 39.7 Å². The number of anilines is 1. The van der Waals surface area contributed by atoms with Crippen LogP contribution in [0.3, 0.4) is 0 Å². The van der Waals surface area contributed by atoms with E-state index in [9.17, 15) is 0 Å². The maximum atomic E-state index is 5.99. The molecule has 76 valence electrons. The van der Waals surface area contributed by atoms with Gasteiger partial charge in [-0.05, 0) is 35.3 Å². The summed E-state index contributed by atoms with van der Waals surface area (Å²) >= 11 is 9.30. The number of nitrogens with zero attached hydrogens (tertiary/aromatic N) is 1. The minimum absolute atomic E-state index is 0.290. The Morgan fingerprint density at radius 3 is 3.07 bits per heavy atom. The molecule has 0 radical (unpaired) electrons. The van der Waals surface area contributed by atoms with Crippen LogP contribution in [-0.4, -0.2) is 11.0 Å². The summed E-state index contributed by atoms with van der Waals surface area (Å²) in [4.78, 5) is 4.18. The van der Waals surface area contributed by atoms with Crippen LogP contribution in [0.25, 0.3) is 0 Å². The summed E-state index contributed by atoms with van der Waals surface area (Å²) < 4.78 is 0.879. The van der Waals surface area contributed by atoms with Crippen molar-refractivity contribution in [3.63, 3.8) is 0 Å². The molecule has 0 aliphatic heterocycles. The molecule has 0 amide bonds. The van der Waals surface area contributed by atoms with Crippen LogP contribution in [0.15, 0.2) is 29.4 Å². The fourth-order valence-electron chi connectivity index (χ4n) is 1.06. The smallest absolute Gasteiger partial charge is 0.145 e. The van der Waals surface area contributed by atoms with Crippen molar-refractivity contribution in [2.75, 3.05) is 5.32 Å². The highest BCUT2D eigenvalue weighted by atomic mass is 79.9. The van der Waals surface area contributed by atoms with Gasteiger partial charge in [0.1, 0.15) is 5.82 Å². The SMILES string of the molecule is C=CCC(C)Nc1ncc(Br)cc1Cl. The van der Waals surface area contributed by atoms with Crippen LogP contribution in [0.2, 0.25) is 5.02 Å². The number of pyridine rings is 1. The molecule has 0 saturated carbocycles. The number of halogens is 2. The van der Waals surface area contributed by atoms with Gasteiger partial charge in [0.2, 0.25) is 0 Å². The first kappa shape index (κ1) is 11.5. The minimum atomic E-state index is 0.290. The molecule has 14 heavy (non-hydrogen) atoms. The van der Waals surface area contributed by atoms with Gasteiger partial charge in [-0.1, -0.05) is 17.7 Å². The lowest BCUT2D eigenvalue weighted by Crippen LogP contribution is -2.15. The lowest BCUT2D eigenvalue weighted by molar-refractivity contribution is 0.807. The van der Waals surface area contributed by atoms with Gasteiger partial charge in [-0.3, -0.25) is 0 Å². The Hall–Kier alpha value is -0.540. The molecule has 0 bridgehead atoms. The number of hydrogen-bond donors (Lipinski definition) is 1. The topological polar surface area (TPSA) is 24.9 Å². The van der Waals surface area contributed by atoms with E-state index in [1.54, 1.807) is 6.20 Å². The van der Waals surface area contributed by atoms with E-state index < -0.39 is 0 Å². The zero-order chi connectivity index (χ0) is 10.6. The first-order chi connectivity index (χ1) is 6.63. The first-order valence-electron chi connectivity index (χ1n) is 4.32. The largest absolute Gasteiger partial charge is 0.366 e. The maximum Gasteiger partial charge on any atom is 0.145 e. The summed E-state index contributed by atoms with van der Waals surface area (Å²) in [6.45, 7) is 5.74. The molecule has 0 saturated heterocycles. The molecule has 2 nitrogen and oxygen atoms in total. The third-order valence-corrected chi connectivity index (χ3v) is 2.43. The van der Waals surface area contributed by atoms with E-state index in [0.717, 1.165) is 10.9 Å². The Bertz CT molecular complexity index is 328. The summed E-state index contributed by atoms with van der Waals surface area (Å²) in [6.07, 6.45) is 4.47. The molecule has 1 atom stereocenters. The monoisotopic (exact) mass is 274 g/mol. The number of rotatable bonds is 4. The summed E-state index contributed by atoms with van der Waals surface area (Å²) in [5.41, 5.74) is 0. The molecule has 1 aromatic rings. The Morgan fingerprint density at radius 2 is 2.50 bits per heavy atom. The van der Waals surface area contributed by atoms with E-state index in [0.29, 0.717) is 16.9 Å². The van der Waals surface area contributed by atoms with E-state index in [1.807, 2.05) is 12.1 Å². The summed E-state index contributed by atoms with van der Waals surface area (Å²) in [7, 11) is 0. The van der Waals surface area contributed by atoms with Gasteiger partial charge in [0.15, 0.2) is 0 Å². The van der Waals surface area contributed by atoms with Crippen LogP contribution in [0.1, 0.15) is 13.3 Å². The molecule has 0 aliphatic rings. The van der Waals surface area contributed by atoms with Gasteiger partial charge < -0.3 is 5.32 Å². The van der Waals surface area contributed by atoms with Crippen molar-refractivity contribution in [3.05, 3.63) is 34.4 Å². The zero-order valence-corrected chi connectivity index (χ0v) is 10.3. The van der Waals surface area contributed by atoms with Gasteiger partial charge in [0.25, 0.3) is 0 Å². The molecule has 0 spiro atoms. The Morgan fingerprint density at radius 1 is 1.79 bits per heavy atom. The average molecular weight is 276 g/mol. The van der Waals surface area contributed by atoms with E-state index >= 15 is 0 Å². The molecule has 0 aliphatic carbocycles. The maximum absolute atomic E-state index is 5.99. The summed E-state index contributed by atoms with van der Waals surface area (Å²) in [6, 6.07) is 2.11. The van der Waals surface area contributed by atoms with Crippen molar-refractivity contribution in [2.45, 2.75) is 19.4 Å². The summed E-state index contributed by atoms with van der Waals surface area (Å²) in [5, 5.41) is 3.82. The second-order valence-corrected chi connectivity index (χ2v) is 4.38. The molecule has 1 rings (SSSR count). The molecule has 1 N–H and O–H groups in total. The van der Waals surface area contributed by atoms with Crippen molar-refractivity contribution >= 4 is 33.3 Å². The highest BCUT2D eigenvalue weighted by molar-refractivity contribution is 9.10. The lowest BCUT2D eigenvalue weighted by Gasteiger charge is -2.13. The van der Waals surface area contributed by atoms with Crippen LogP contribution in [0, 0.1) is 0 Å². The third-order valence-electron chi connectivity index (χ3n) is 1.71. The van der Waals surface area contributed by atoms with Crippen LogP contribution in [0.5, 0.6) is 0 Å². The van der Waals surface area contributed by atoms with Gasteiger partial charge in [-0.15, -0.1) is 6.58 Å². The van der Waals surface area contributed by atoms with Gasteiger partial charge in [-0.25, -0.2) is 4.98 Å². The van der Waals surface area contributed by atoms with Crippen molar-refractivity contribution in [3.8, 4) is 0 Å². The molecule has 1 aromatic heterocycles. The second-order valence-electron chi connectivity index (χ2n) is 3.05. The Kier molecular flexibility index (Phi) is 4.42. The Labute approximate surface area is 97.5 Å². The third kappa shape index (κ3) is 3.31. The molecule has 0 aromatic carbocycles. The normalized spacial score (nSPS) is 12.2.